The molecule has 0 spiro atoms. The second-order valence-electron chi connectivity index (χ2n) is 4.72. The van der Waals surface area contributed by atoms with Crippen molar-refractivity contribution in [2.24, 2.45) is 0 Å². The molecule has 0 saturated heterocycles. The molecule has 2 N–H and O–H groups in total. The van der Waals surface area contributed by atoms with Gasteiger partial charge >= 0.3 is 0 Å². The normalized spacial score (nSPS) is 12.6. The van der Waals surface area contributed by atoms with E-state index in [2.05, 4.69) is 25.8 Å². The molecule has 17 heavy (non-hydrogen) atoms. The second-order valence-corrected chi connectivity index (χ2v) is 4.72. The molecule has 0 aliphatic heterocycles. The average Bonchev–Trinajstić information content (AvgIpc) is 2.29. The number of para-hydroxylation sites is 1. The molecule has 1 aromatic carbocycles. The van der Waals surface area contributed by atoms with Crippen LogP contribution < -0.4 is 15.4 Å². The number of nitrogen functional groups attached to an aromatic ring is 1. The van der Waals surface area contributed by atoms with Gasteiger partial charge in [-0.25, -0.2) is 0 Å². The van der Waals surface area contributed by atoms with Crippen molar-refractivity contribution in [2.45, 2.75) is 46.3 Å². The molecule has 0 heterocycles. The Kier molecular flexibility index (Phi) is 4.67. The molecule has 0 aromatic heterocycles. The molecule has 1 unspecified atom stereocenters. The van der Waals surface area contributed by atoms with E-state index in [1.165, 1.54) is 0 Å². The van der Waals surface area contributed by atoms with Crippen LogP contribution in [0.3, 0.4) is 0 Å². The van der Waals surface area contributed by atoms with Crippen molar-refractivity contribution in [3.63, 3.8) is 0 Å². The predicted molar refractivity (Wildman–Crippen MR) is 74.8 cm³/mol. The lowest BCUT2D eigenvalue weighted by atomic mass is 10.1. The molecule has 3 heteroatoms. The molecule has 1 atom stereocenters. The van der Waals surface area contributed by atoms with E-state index in [0.717, 1.165) is 23.5 Å². The molecule has 96 valence electrons. The molecule has 1 aromatic rings. The van der Waals surface area contributed by atoms with Gasteiger partial charge in [0.05, 0.1) is 17.5 Å². The van der Waals surface area contributed by atoms with Gasteiger partial charge in [-0.3, -0.25) is 0 Å². The summed E-state index contributed by atoms with van der Waals surface area (Å²) in [6.45, 7) is 8.37. The number of nitrogens with two attached hydrogens (primary N) is 1. The molecule has 0 amide bonds. The minimum absolute atomic E-state index is 0.140. The van der Waals surface area contributed by atoms with Crippen molar-refractivity contribution in [1.29, 1.82) is 0 Å². The third-order valence-corrected chi connectivity index (χ3v) is 3.04. The average molecular weight is 236 g/mol. The smallest absolute Gasteiger partial charge is 0.144 e. The van der Waals surface area contributed by atoms with Crippen LogP contribution in [0, 0.1) is 0 Å². The van der Waals surface area contributed by atoms with Crippen LogP contribution in [-0.2, 0) is 0 Å². The summed E-state index contributed by atoms with van der Waals surface area (Å²) in [5.74, 6) is 0.771. The summed E-state index contributed by atoms with van der Waals surface area (Å²) in [5, 5.41) is 0. The highest BCUT2D eigenvalue weighted by molar-refractivity contribution is 5.74. The minimum atomic E-state index is 0.140. The van der Waals surface area contributed by atoms with Gasteiger partial charge in [-0.05, 0) is 39.3 Å². The predicted octanol–water partition coefficient (Wildman–Crippen LogP) is 3.29. The fourth-order valence-electron chi connectivity index (χ4n) is 1.71. The molecular weight excluding hydrogens is 212 g/mol. The van der Waals surface area contributed by atoms with E-state index >= 15 is 0 Å². The zero-order valence-electron chi connectivity index (χ0n) is 11.5. The largest absolute Gasteiger partial charge is 0.489 e. The molecule has 0 aliphatic carbocycles. The van der Waals surface area contributed by atoms with Crippen molar-refractivity contribution < 1.29 is 4.74 Å². The first-order chi connectivity index (χ1) is 7.97. The second kappa shape index (κ2) is 5.80. The summed E-state index contributed by atoms with van der Waals surface area (Å²) >= 11 is 0. The Hall–Kier alpha value is -1.38. The van der Waals surface area contributed by atoms with E-state index in [1.54, 1.807) is 0 Å². The number of hydrogen-bond donors (Lipinski definition) is 1. The Morgan fingerprint density at radius 1 is 1.29 bits per heavy atom. The van der Waals surface area contributed by atoms with E-state index in [4.69, 9.17) is 10.5 Å². The number of rotatable bonds is 5. The van der Waals surface area contributed by atoms with Gasteiger partial charge in [-0.1, -0.05) is 13.0 Å². The van der Waals surface area contributed by atoms with Crippen LogP contribution in [0.2, 0.25) is 0 Å². The van der Waals surface area contributed by atoms with Gasteiger partial charge < -0.3 is 15.4 Å². The quantitative estimate of drug-likeness (QED) is 0.797. The molecule has 0 fully saturated rings. The van der Waals surface area contributed by atoms with E-state index in [9.17, 15) is 0 Å². The van der Waals surface area contributed by atoms with Crippen LogP contribution >= 0.6 is 0 Å². The van der Waals surface area contributed by atoms with E-state index in [0.29, 0.717) is 6.04 Å². The first-order valence-corrected chi connectivity index (χ1v) is 6.25. The highest BCUT2D eigenvalue weighted by atomic mass is 16.5. The molecule has 0 radical (unpaired) electrons. The van der Waals surface area contributed by atoms with Gasteiger partial charge in [-0.15, -0.1) is 0 Å². The standard InChI is InChI=1S/C14H24N2O/c1-6-11(4)16(5)12-8-7-9-13(14(12)15)17-10(2)3/h7-11H,6,15H2,1-5H3. The van der Waals surface area contributed by atoms with Gasteiger partial charge in [0, 0.05) is 13.1 Å². The van der Waals surface area contributed by atoms with Gasteiger partial charge in [0.15, 0.2) is 0 Å². The number of ether oxygens (including phenoxy) is 1. The van der Waals surface area contributed by atoms with Gasteiger partial charge in [0.1, 0.15) is 5.75 Å². The van der Waals surface area contributed by atoms with Crippen LogP contribution in [0.25, 0.3) is 0 Å². The van der Waals surface area contributed by atoms with Crippen LogP contribution in [0.1, 0.15) is 34.1 Å². The summed E-state index contributed by atoms with van der Waals surface area (Å²) < 4.78 is 5.70. The molecule has 3 nitrogen and oxygen atoms in total. The van der Waals surface area contributed by atoms with Crippen molar-refractivity contribution in [3.8, 4) is 5.75 Å². The van der Waals surface area contributed by atoms with Crippen LogP contribution in [0.5, 0.6) is 5.75 Å². The van der Waals surface area contributed by atoms with Gasteiger partial charge in [0.2, 0.25) is 0 Å². The highest BCUT2D eigenvalue weighted by Crippen LogP contribution is 2.33. The summed E-state index contributed by atoms with van der Waals surface area (Å²) in [4.78, 5) is 2.20. The van der Waals surface area contributed by atoms with Crippen molar-refractivity contribution in [1.82, 2.24) is 0 Å². The lowest BCUT2D eigenvalue weighted by Gasteiger charge is -2.28. The van der Waals surface area contributed by atoms with Crippen LogP contribution in [-0.4, -0.2) is 19.2 Å². The van der Waals surface area contributed by atoms with Crippen LogP contribution in [0.15, 0.2) is 18.2 Å². The lowest BCUT2D eigenvalue weighted by Crippen LogP contribution is -2.28. The Labute approximate surface area is 105 Å². The van der Waals surface area contributed by atoms with Crippen molar-refractivity contribution in [3.05, 3.63) is 18.2 Å². The molecular formula is C14H24N2O. The third-order valence-electron chi connectivity index (χ3n) is 3.04. The summed E-state index contributed by atoms with van der Waals surface area (Å²) in [7, 11) is 2.07. The number of benzene rings is 1. The third kappa shape index (κ3) is 3.29. The fraction of sp³-hybridized carbons (Fsp3) is 0.571. The van der Waals surface area contributed by atoms with Gasteiger partial charge in [0.25, 0.3) is 0 Å². The molecule has 0 saturated carbocycles. The number of nitrogens with zero attached hydrogens (tertiary/aromatic N) is 1. The summed E-state index contributed by atoms with van der Waals surface area (Å²) in [6, 6.07) is 6.41. The van der Waals surface area contributed by atoms with Crippen molar-refractivity contribution in [2.75, 3.05) is 17.7 Å². The van der Waals surface area contributed by atoms with Crippen LogP contribution in [0.4, 0.5) is 11.4 Å². The van der Waals surface area contributed by atoms with E-state index in [-0.39, 0.29) is 6.10 Å². The Morgan fingerprint density at radius 2 is 1.94 bits per heavy atom. The fourth-order valence-corrected chi connectivity index (χ4v) is 1.71. The maximum Gasteiger partial charge on any atom is 0.144 e. The summed E-state index contributed by atoms with van der Waals surface area (Å²) in [5.41, 5.74) is 7.92. The first kappa shape index (κ1) is 13.7. The maximum absolute atomic E-state index is 6.16. The number of anilines is 2. The molecule has 0 aliphatic rings. The Morgan fingerprint density at radius 3 is 2.47 bits per heavy atom. The molecule has 1 rings (SSSR count). The van der Waals surface area contributed by atoms with E-state index in [1.807, 2.05) is 32.0 Å². The Bertz CT molecular complexity index is 363. The molecule has 0 bridgehead atoms. The Balaban J connectivity index is 3.01. The lowest BCUT2D eigenvalue weighted by molar-refractivity contribution is 0.244. The topological polar surface area (TPSA) is 38.5 Å². The first-order valence-electron chi connectivity index (χ1n) is 6.25. The van der Waals surface area contributed by atoms with E-state index < -0.39 is 0 Å². The van der Waals surface area contributed by atoms with Crippen molar-refractivity contribution >= 4 is 11.4 Å². The SMILES string of the molecule is CCC(C)N(C)c1cccc(OC(C)C)c1N. The van der Waals surface area contributed by atoms with Gasteiger partial charge in [-0.2, -0.15) is 0 Å². The summed E-state index contributed by atoms with van der Waals surface area (Å²) in [6.07, 6.45) is 1.23. The zero-order chi connectivity index (χ0) is 13.0. The zero-order valence-corrected chi connectivity index (χ0v) is 11.5. The highest BCUT2D eigenvalue weighted by Gasteiger charge is 2.14. The number of hydrogen-bond acceptors (Lipinski definition) is 3. The monoisotopic (exact) mass is 236 g/mol. The minimum Gasteiger partial charge on any atom is -0.489 e. The maximum atomic E-state index is 6.16.